The van der Waals surface area contributed by atoms with Crippen LogP contribution in [0.1, 0.15) is 39.8 Å². The van der Waals surface area contributed by atoms with E-state index in [1.54, 1.807) is 13.8 Å². The van der Waals surface area contributed by atoms with E-state index in [-0.39, 0.29) is 17.2 Å². The zero-order chi connectivity index (χ0) is 17.0. The van der Waals surface area contributed by atoms with Crippen molar-refractivity contribution in [2.45, 2.75) is 44.5 Å². The first-order valence-electron chi connectivity index (χ1n) is 7.10. The van der Waals surface area contributed by atoms with Gasteiger partial charge < -0.3 is 9.36 Å². The van der Waals surface area contributed by atoms with Crippen molar-refractivity contribution in [3.63, 3.8) is 0 Å². The van der Waals surface area contributed by atoms with Crippen LogP contribution in [0.4, 0.5) is 4.39 Å². The quantitative estimate of drug-likeness (QED) is 0.839. The summed E-state index contributed by atoms with van der Waals surface area (Å²) >= 11 is 0. The molecule has 0 N–H and O–H groups in total. The average Bonchev–Trinajstić information content (AvgIpc) is 3.01. The standard InChI is InChI=1S/C15H17FN2O4S/c1-14(2)8-12(17-22-14)23(19,20)15(3,4)13-10-7-9(16)5-6-11(10)21-18-13/h5-7H,8H2,1-4H3. The van der Waals surface area contributed by atoms with Crippen molar-refractivity contribution in [2.24, 2.45) is 5.16 Å². The Morgan fingerprint density at radius 3 is 2.61 bits per heavy atom. The number of nitrogens with zero attached hydrogens (tertiary/aromatic N) is 2. The maximum absolute atomic E-state index is 13.5. The van der Waals surface area contributed by atoms with Crippen LogP contribution in [-0.4, -0.2) is 24.2 Å². The van der Waals surface area contributed by atoms with E-state index in [4.69, 9.17) is 9.36 Å². The van der Waals surface area contributed by atoms with Gasteiger partial charge in [-0.15, -0.1) is 0 Å². The van der Waals surface area contributed by atoms with Gasteiger partial charge >= 0.3 is 0 Å². The first-order valence-corrected chi connectivity index (χ1v) is 8.58. The van der Waals surface area contributed by atoms with E-state index in [0.29, 0.717) is 11.0 Å². The molecule has 1 aromatic heterocycles. The highest BCUT2D eigenvalue weighted by Gasteiger charge is 2.47. The van der Waals surface area contributed by atoms with E-state index in [9.17, 15) is 12.8 Å². The van der Waals surface area contributed by atoms with Crippen LogP contribution in [0.3, 0.4) is 0 Å². The highest BCUT2D eigenvalue weighted by atomic mass is 32.2. The smallest absolute Gasteiger partial charge is 0.206 e. The summed E-state index contributed by atoms with van der Waals surface area (Å²) < 4.78 is 43.2. The third kappa shape index (κ3) is 2.41. The van der Waals surface area contributed by atoms with E-state index < -0.39 is 26.0 Å². The van der Waals surface area contributed by atoms with Gasteiger partial charge in [-0.3, -0.25) is 0 Å². The van der Waals surface area contributed by atoms with Gasteiger partial charge in [-0.25, -0.2) is 12.8 Å². The van der Waals surface area contributed by atoms with Crippen LogP contribution < -0.4 is 0 Å². The zero-order valence-corrected chi connectivity index (χ0v) is 14.1. The lowest BCUT2D eigenvalue weighted by molar-refractivity contribution is 0.0123. The third-order valence-electron chi connectivity index (χ3n) is 3.96. The van der Waals surface area contributed by atoms with Crippen molar-refractivity contribution in [1.82, 2.24) is 5.16 Å². The van der Waals surface area contributed by atoms with Crippen LogP contribution in [0.25, 0.3) is 11.0 Å². The molecule has 2 aromatic rings. The summed E-state index contributed by atoms with van der Waals surface area (Å²) in [6.45, 7) is 6.51. The number of sulfone groups is 1. The van der Waals surface area contributed by atoms with E-state index >= 15 is 0 Å². The van der Waals surface area contributed by atoms with Gasteiger partial charge in [-0.1, -0.05) is 10.3 Å². The Hall–Kier alpha value is -1.96. The van der Waals surface area contributed by atoms with Crippen LogP contribution in [0, 0.1) is 5.82 Å². The van der Waals surface area contributed by atoms with Crippen LogP contribution in [0.5, 0.6) is 0 Å². The Labute approximate surface area is 133 Å². The largest absolute Gasteiger partial charge is 0.389 e. The number of hydrogen-bond acceptors (Lipinski definition) is 6. The normalized spacial score (nSPS) is 18.0. The minimum absolute atomic E-state index is 0.0416. The summed E-state index contributed by atoms with van der Waals surface area (Å²) in [6.07, 6.45) is 0.170. The van der Waals surface area contributed by atoms with Gasteiger partial charge in [0.15, 0.2) is 10.6 Å². The Morgan fingerprint density at radius 1 is 1.30 bits per heavy atom. The molecule has 0 bridgehead atoms. The van der Waals surface area contributed by atoms with Gasteiger partial charge in [0.25, 0.3) is 0 Å². The number of benzene rings is 1. The molecule has 23 heavy (non-hydrogen) atoms. The fraction of sp³-hybridized carbons (Fsp3) is 0.467. The van der Waals surface area contributed by atoms with Gasteiger partial charge in [0, 0.05) is 11.8 Å². The second-order valence-electron chi connectivity index (χ2n) is 6.70. The molecule has 1 aromatic carbocycles. The first-order chi connectivity index (χ1) is 10.5. The zero-order valence-electron chi connectivity index (χ0n) is 13.3. The molecule has 0 aliphatic carbocycles. The fourth-order valence-corrected chi connectivity index (χ4v) is 4.18. The molecule has 0 amide bonds. The molecular weight excluding hydrogens is 323 g/mol. The molecule has 3 rings (SSSR count). The Kier molecular flexibility index (Phi) is 3.30. The lowest BCUT2D eigenvalue weighted by Crippen LogP contribution is -2.36. The van der Waals surface area contributed by atoms with Gasteiger partial charge in [0.1, 0.15) is 21.9 Å². The molecule has 6 nitrogen and oxygen atoms in total. The summed E-state index contributed by atoms with van der Waals surface area (Å²) in [6, 6.07) is 3.87. The molecule has 0 saturated carbocycles. The summed E-state index contributed by atoms with van der Waals surface area (Å²) in [5.74, 6) is -0.488. The number of rotatable bonds is 2. The summed E-state index contributed by atoms with van der Waals surface area (Å²) in [5.41, 5.74) is -0.190. The Balaban J connectivity index is 2.12. The number of oxime groups is 1. The molecule has 1 aliphatic rings. The van der Waals surface area contributed by atoms with E-state index in [1.165, 1.54) is 32.0 Å². The van der Waals surface area contributed by atoms with Crippen molar-refractivity contribution in [3.05, 3.63) is 29.7 Å². The monoisotopic (exact) mass is 340 g/mol. The maximum Gasteiger partial charge on any atom is 0.206 e. The summed E-state index contributed by atoms with van der Waals surface area (Å²) in [5, 5.41) is 7.88. The topological polar surface area (TPSA) is 81.8 Å². The van der Waals surface area contributed by atoms with Gasteiger partial charge in [-0.2, -0.15) is 0 Å². The number of hydrogen-bond donors (Lipinski definition) is 0. The molecule has 0 spiro atoms. The summed E-state index contributed by atoms with van der Waals surface area (Å²) in [4.78, 5) is 5.16. The van der Waals surface area contributed by atoms with Crippen molar-refractivity contribution < 1.29 is 22.2 Å². The third-order valence-corrected chi connectivity index (χ3v) is 6.33. The molecular formula is C15H17FN2O4S. The predicted octanol–water partition coefficient (Wildman–Crippen LogP) is 3.13. The highest BCUT2D eigenvalue weighted by molar-refractivity contribution is 8.07. The van der Waals surface area contributed by atoms with Crippen molar-refractivity contribution in [3.8, 4) is 0 Å². The summed E-state index contributed by atoms with van der Waals surface area (Å²) in [7, 11) is -3.86. The molecule has 0 radical (unpaired) electrons. The number of halogens is 1. The van der Waals surface area contributed by atoms with Crippen LogP contribution >= 0.6 is 0 Å². The van der Waals surface area contributed by atoms with Crippen molar-refractivity contribution in [2.75, 3.05) is 0 Å². The predicted molar refractivity (Wildman–Crippen MR) is 83.1 cm³/mol. The lowest BCUT2D eigenvalue weighted by atomic mass is 10.1. The van der Waals surface area contributed by atoms with Crippen LogP contribution in [0.2, 0.25) is 0 Å². The Bertz CT molecular complexity index is 913. The molecule has 2 heterocycles. The van der Waals surface area contributed by atoms with Crippen molar-refractivity contribution >= 4 is 25.9 Å². The second kappa shape index (κ2) is 4.77. The SMILES string of the molecule is CC1(C)CC(S(=O)(=O)C(C)(C)c2noc3ccc(F)cc23)=NO1. The van der Waals surface area contributed by atoms with Gasteiger partial charge in [-0.05, 0) is 45.9 Å². The highest BCUT2D eigenvalue weighted by Crippen LogP contribution is 2.38. The second-order valence-corrected chi connectivity index (χ2v) is 9.20. The minimum Gasteiger partial charge on any atom is -0.389 e. The Morgan fingerprint density at radius 2 is 2.00 bits per heavy atom. The lowest BCUT2D eigenvalue weighted by Gasteiger charge is -2.22. The van der Waals surface area contributed by atoms with E-state index in [0.717, 1.165) is 0 Å². The van der Waals surface area contributed by atoms with Crippen molar-refractivity contribution in [1.29, 1.82) is 0 Å². The molecule has 0 saturated heterocycles. The van der Waals surface area contributed by atoms with E-state index in [1.807, 2.05) is 0 Å². The van der Waals surface area contributed by atoms with E-state index in [2.05, 4.69) is 10.3 Å². The maximum atomic E-state index is 13.5. The molecule has 124 valence electrons. The molecule has 0 fully saturated rings. The molecule has 0 atom stereocenters. The molecule has 0 unspecified atom stereocenters. The molecule has 8 heteroatoms. The first kappa shape index (κ1) is 15.9. The number of fused-ring (bicyclic) bond motifs is 1. The van der Waals surface area contributed by atoms with Crippen LogP contribution in [-0.2, 0) is 19.4 Å². The average molecular weight is 340 g/mol. The minimum atomic E-state index is -3.86. The number of aromatic nitrogens is 1. The van der Waals surface area contributed by atoms with Crippen LogP contribution in [0.15, 0.2) is 27.9 Å². The van der Waals surface area contributed by atoms with Gasteiger partial charge in [0.2, 0.25) is 9.84 Å². The van der Waals surface area contributed by atoms with Gasteiger partial charge in [0.05, 0.1) is 0 Å². The fourth-order valence-electron chi connectivity index (χ4n) is 2.51. The molecule has 1 aliphatic heterocycles.